The first kappa shape index (κ1) is 17.0. The van der Waals surface area contributed by atoms with Gasteiger partial charge in [-0.05, 0) is 25.0 Å². The third-order valence-corrected chi connectivity index (χ3v) is 5.90. The minimum Gasteiger partial charge on any atom is -0.460 e. The number of furan rings is 1. The van der Waals surface area contributed by atoms with Gasteiger partial charge in [0, 0.05) is 54.0 Å². The topological polar surface area (TPSA) is 46.3 Å². The second-order valence-electron chi connectivity index (χ2n) is 6.62. The first-order valence-electron chi connectivity index (χ1n) is 9.13. The van der Waals surface area contributed by atoms with E-state index in [9.17, 15) is 4.79 Å². The fourth-order valence-corrected chi connectivity index (χ4v) is 4.40. The Balaban J connectivity index is 1.53. The van der Waals surface area contributed by atoms with Gasteiger partial charge in [-0.25, -0.2) is 4.98 Å². The zero-order valence-corrected chi connectivity index (χ0v) is 15.7. The number of carbonyl (C=O) groups excluding carboxylic acids is 1. The summed E-state index contributed by atoms with van der Waals surface area (Å²) in [7, 11) is 0. The van der Waals surface area contributed by atoms with Gasteiger partial charge >= 0.3 is 0 Å². The molecule has 1 amide bonds. The highest BCUT2D eigenvalue weighted by Crippen LogP contribution is 2.29. The monoisotopic (exact) mass is 366 g/mol. The maximum atomic E-state index is 12.7. The van der Waals surface area contributed by atoms with Gasteiger partial charge < -0.3 is 9.32 Å². The van der Waals surface area contributed by atoms with E-state index in [2.05, 4.69) is 11.9 Å². The van der Waals surface area contributed by atoms with Crippen LogP contribution >= 0.6 is 11.3 Å². The maximum absolute atomic E-state index is 12.7. The van der Waals surface area contributed by atoms with E-state index in [1.54, 1.807) is 17.4 Å². The van der Waals surface area contributed by atoms with Gasteiger partial charge in [-0.2, -0.15) is 0 Å². The maximum Gasteiger partial charge on any atom is 0.246 e. The molecule has 0 aliphatic carbocycles. The fourth-order valence-electron chi connectivity index (χ4n) is 3.64. The molecule has 0 saturated carbocycles. The van der Waals surface area contributed by atoms with E-state index in [4.69, 9.17) is 4.42 Å². The quantitative estimate of drug-likeness (QED) is 0.619. The van der Waals surface area contributed by atoms with Crippen molar-refractivity contribution in [3.05, 3.63) is 58.2 Å². The molecule has 0 N–H and O–H groups in total. The van der Waals surface area contributed by atoms with Gasteiger partial charge in [0.1, 0.15) is 11.3 Å². The van der Waals surface area contributed by atoms with Crippen LogP contribution in [-0.4, -0.2) is 28.9 Å². The number of para-hydroxylation sites is 1. The summed E-state index contributed by atoms with van der Waals surface area (Å²) in [5.74, 6) is 1.36. The predicted octanol–water partition coefficient (Wildman–Crippen LogP) is 4.87. The SMILES string of the molecule is CCc1oc2ccccc2c1/C=C/C(=O)N1CCCC(c2nccs2)C1. The van der Waals surface area contributed by atoms with Crippen molar-refractivity contribution in [2.45, 2.75) is 32.1 Å². The molecule has 26 heavy (non-hydrogen) atoms. The second-order valence-corrected chi connectivity index (χ2v) is 7.54. The zero-order valence-electron chi connectivity index (χ0n) is 14.9. The van der Waals surface area contributed by atoms with E-state index < -0.39 is 0 Å². The Morgan fingerprint density at radius 3 is 3.12 bits per heavy atom. The molecule has 1 aliphatic heterocycles. The molecule has 1 atom stereocenters. The number of carbonyl (C=O) groups is 1. The number of amides is 1. The standard InChI is InChI=1S/C21H22N2O2S/c1-2-18-17(16-7-3-4-8-19(16)25-18)9-10-20(24)23-12-5-6-15(14-23)21-22-11-13-26-21/h3-4,7-11,13,15H,2,5-6,12,14H2,1H3/b10-9+. The molecule has 3 heterocycles. The normalized spacial score (nSPS) is 18.0. The molecular formula is C21H22N2O2S. The van der Waals surface area contributed by atoms with Crippen molar-refractivity contribution in [2.24, 2.45) is 0 Å². The predicted molar refractivity (Wildman–Crippen MR) is 105 cm³/mol. The number of aryl methyl sites for hydroxylation is 1. The number of benzene rings is 1. The summed E-state index contributed by atoms with van der Waals surface area (Å²) in [5.41, 5.74) is 1.89. The fraction of sp³-hybridized carbons (Fsp3) is 0.333. The number of hydrogen-bond acceptors (Lipinski definition) is 4. The zero-order chi connectivity index (χ0) is 17.9. The average Bonchev–Trinajstić information content (AvgIpc) is 3.34. The van der Waals surface area contributed by atoms with Crippen LogP contribution in [0.25, 0.3) is 17.0 Å². The smallest absolute Gasteiger partial charge is 0.246 e. The van der Waals surface area contributed by atoms with Crippen molar-refractivity contribution in [1.29, 1.82) is 0 Å². The first-order valence-corrected chi connectivity index (χ1v) is 10.0. The molecular weight excluding hydrogens is 344 g/mol. The molecule has 3 aromatic rings. The number of hydrogen-bond donors (Lipinski definition) is 0. The van der Waals surface area contributed by atoms with Crippen LogP contribution in [0, 0.1) is 0 Å². The van der Waals surface area contributed by atoms with Gasteiger partial charge in [0.2, 0.25) is 5.91 Å². The van der Waals surface area contributed by atoms with Gasteiger partial charge in [-0.3, -0.25) is 4.79 Å². The third-order valence-electron chi connectivity index (χ3n) is 4.96. The van der Waals surface area contributed by atoms with Crippen molar-refractivity contribution in [3.8, 4) is 0 Å². The number of piperidine rings is 1. The molecule has 1 saturated heterocycles. The third kappa shape index (κ3) is 3.31. The Bertz CT molecular complexity index is 927. The number of fused-ring (bicyclic) bond motifs is 1. The van der Waals surface area contributed by atoms with E-state index >= 15 is 0 Å². The minimum atomic E-state index is 0.0681. The summed E-state index contributed by atoms with van der Waals surface area (Å²) in [4.78, 5) is 19.1. The summed E-state index contributed by atoms with van der Waals surface area (Å²) in [6.07, 6.45) is 8.39. The van der Waals surface area contributed by atoms with E-state index in [0.717, 1.165) is 59.7 Å². The molecule has 1 unspecified atom stereocenters. The molecule has 134 valence electrons. The molecule has 0 spiro atoms. The highest BCUT2D eigenvalue weighted by molar-refractivity contribution is 7.09. The first-order chi connectivity index (χ1) is 12.8. The highest BCUT2D eigenvalue weighted by Gasteiger charge is 2.25. The van der Waals surface area contributed by atoms with E-state index in [1.807, 2.05) is 46.8 Å². The van der Waals surface area contributed by atoms with E-state index in [-0.39, 0.29) is 5.91 Å². The van der Waals surface area contributed by atoms with Gasteiger partial charge in [0.15, 0.2) is 0 Å². The lowest BCUT2D eigenvalue weighted by Crippen LogP contribution is -2.38. The summed E-state index contributed by atoms with van der Waals surface area (Å²) in [5, 5.41) is 4.21. The van der Waals surface area contributed by atoms with Crippen LogP contribution in [0.1, 0.15) is 42.0 Å². The summed E-state index contributed by atoms with van der Waals surface area (Å²) in [6.45, 7) is 3.64. The minimum absolute atomic E-state index is 0.0681. The largest absolute Gasteiger partial charge is 0.460 e. The molecule has 0 bridgehead atoms. The van der Waals surface area contributed by atoms with Crippen LogP contribution < -0.4 is 0 Å². The second kappa shape index (κ2) is 7.46. The Kier molecular flexibility index (Phi) is 4.89. The summed E-state index contributed by atoms with van der Waals surface area (Å²) < 4.78 is 5.91. The van der Waals surface area contributed by atoms with Crippen molar-refractivity contribution < 1.29 is 9.21 Å². The lowest BCUT2D eigenvalue weighted by Gasteiger charge is -2.31. The van der Waals surface area contributed by atoms with Crippen molar-refractivity contribution in [3.63, 3.8) is 0 Å². The Labute approximate surface area is 157 Å². The van der Waals surface area contributed by atoms with Crippen LogP contribution in [0.2, 0.25) is 0 Å². The highest BCUT2D eigenvalue weighted by atomic mass is 32.1. The van der Waals surface area contributed by atoms with Gasteiger partial charge in [-0.1, -0.05) is 25.1 Å². The van der Waals surface area contributed by atoms with Gasteiger partial charge in [-0.15, -0.1) is 11.3 Å². The Morgan fingerprint density at radius 2 is 2.31 bits per heavy atom. The number of nitrogens with zero attached hydrogens (tertiary/aromatic N) is 2. The average molecular weight is 366 g/mol. The van der Waals surface area contributed by atoms with Crippen LogP contribution in [0.3, 0.4) is 0 Å². The van der Waals surface area contributed by atoms with Crippen LogP contribution in [0.15, 0.2) is 46.3 Å². The van der Waals surface area contributed by atoms with Crippen molar-refractivity contribution in [1.82, 2.24) is 9.88 Å². The number of aromatic nitrogens is 1. The lowest BCUT2D eigenvalue weighted by molar-refractivity contribution is -0.127. The summed E-state index contributed by atoms with van der Waals surface area (Å²) >= 11 is 1.68. The number of rotatable bonds is 4. The summed E-state index contributed by atoms with van der Waals surface area (Å²) in [6, 6.07) is 7.98. The van der Waals surface area contributed by atoms with E-state index in [1.165, 1.54) is 0 Å². The molecule has 0 radical (unpaired) electrons. The van der Waals surface area contributed by atoms with E-state index in [0.29, 0.717) is 5.92 Å². The molecule has 2 aromatic heterocycles. The molecule has 4 rings (SSSR count). The van der Waals surface area contributed by atoms with Crippen LogP contribution in [0.4, 0.5) is 0 Å². The van der Waals surface area contributed by atoms with Crippen molar-refractivity contribution >= 4 is 34.3 Å². The molecule has 1 aromatic carbocycles. The lowest BCUT2D eigenvalue weighted by atomic mass is 9.98. The van der Waals surface area contributed by atoms with Crippen molar-refractivity contribution in [2.75, 3.05) is 13.1 Å². The molecule has 5 heteroatoms. The number of likely N-dealkylation sites (tertiary alicyclic amines) is 1. The number of thiazole rings is 1. The molecule has 1 fully saturated rings. The Morgan fingerprint density at radius 1 is 1.42 bits per heavy atom. The molecule has 1 aliphatic rings. The van der Waals surface area contributed by atoms with Gasteiger partial charge in [0.25, 0.3) is 0 Å². The van der Waals surface area contributed by atoms with Crippen LogP contribution in [-0.2, 0) is 11.2 Å². The molecule has 4 nitrogen and oxygen atoms in total. The van der Waals surface area contributed by atoms with Gasteiger partial charge in [0.05, 0.1) is 5.01 Å². The Hall–Kier alpha value is -2.40. The van der Waals surface area contributed by atoms with Crippen LogP contribution in [0.5, 0.6) is 0 Å².